The molecular weight excluding hydrogens is 594 g/mol. The SMILES string of the molecule is CCOc1cc(N2CCOCC2)c(OCC)cc1NC(=O)COC(=O)c1cc(-c2ccc(-c3ccccc3)cc2)nc2ccccc12. The largest absolute Gasteiger partial charge is 0.492 e. The summed E-state index contributed by atoms with van der Waals surface area (Å²) in [6.07, 6.45) is 0. The van der Waals surface area contributed by atoms with Gasteiger partial charge in [-0.1, -0.05) is 72.8 Å². The highest BCUT2D eigenvalue weighted by Crippen LogP contribution is 2.39. The number of rotatable bonds is 11. The molecule has 1 aliphatic heterocycles. The normalized spacial score (nSPS) is 12.9. The second-order valence-electron chi connectivity index (χ2n) is 10.9. The molecule has 0 aliphatic carbocycles. The van der Waals surface area contributed by atoms with E-state index in [4.69, 9.17) is 23.9 Å². The quantitative estimate of drug-likeness (QED) is 0.156. The molecule has 2 heterocycles. The zero-order valence-electron chi connectivity index (χ0n) is 26.5. The van der Waals surface area contributed by atoms with E-state index >= 15 is 0 Å². The van der Waals surface area contributed by atoms with Crippen LogP contribution in [0.15, 0.2) is 97.1 Å². The molecule has 1 aromatic heterocycles. The minimum absolute atomic E-state index is 0.328. The van der Waals surface area contributed by atoms with Crippen LogP contribution in [-0.2, 0) is 14.3 Å². The van der Waals surface area contributed by atoms with E-state index < -0.39 is 18.5 Å². The number of hydrogen-bond donors (Lipinski definition) is 1. The Morgan fingerprint density at radius 2 is 1.45 bits per heavy atom. The number of esters is 1. The van der Waals surface area contributed by atoms with Gasteiger partial charge in [0.1, 0.15) is 11.5 Å². The van der Waals surface area contributed by atoms with Gasteiger partial charge in [0, 0.05) is 36.2 Å². The zero-order chi connectivity index (χ0) is 32.6. The van der Waals surface area contributed by atoms with Gasteiger partial charge >= 0.3 is 5.97 Å². The van der Waals surface area contributed by atoms with Gasteiger partial charge in [-0.3, -0.25) is 4.79 Å². The summed E-state index contributed by atoms with van der Waals surface area (Å²) in [5.41, 5.74) is 5.97. The van der Waals surface area contributed by atoms with Crippen LogP contribution < -0.4 is 19.7 Å². The molecule has 0 bridgehead atoms. The Labute approximate surface area is 274 Å². The number of benzene rings is 4. The number of carbonyl (C=O) groups excluding carboxylic acids is 2. The molecule has 1 fully saturated rings. The molecule has 0 unspecified atom stereocenters. The molecular formula is C38H37N3O6. The van der Waals surface area contributed by atoms with Crippen LogP contribution in [0.2, 0.25) is 0 Å². The third-order valence-corrected chi connectivity index (χ3v) is 7.84. The lowest BCUT2D eigenvalue weighted by atomic mass is 10.0. The summed E-state index contributed by atoms with van der Waals surface area (Å²) in [7, 11) is 0. The first-order valence-corrected chi connectivity index (χ1v) is 15.8. The molecule has 240 valence electrons. The molecule has 1 aliphatic rings. The first-order valence-electron chi connectivity index (χ1n) is 15.8. The molecule has 1 amide bonds. The number of pyridine rings is 1. The highest BCUT2D eigenvalue weighted by Gasteiger charge is 2.22. The minimum atomic E-state index is -0.622. The van der Waals surface area contributed by atoms with Gasteiger partial charge < -0.3 is 29.2 Å². The number of carbonyl (C=O) groups is 2. The van der Waals surface area contributed by atoms with E-state index in [1.807, 2.05) is 86.6 Å². The smallest absolute Gasteiger partial charge is 0.339 e. The molecule has 1 saturated heterocycles. The number of nitrogens with one attached hydrogen (secondary N) is 1. The molecule has 9 heteroatoms. The number of ether oxygens (including phenoxy) is 4. The number of amides is 1. The average molecular weight is 632 g/mol. The van der Waals surface area contributed by atoms with E-state index in [9.17, 15) is 9.59 Å². The number of fused-ring (bicyclic) bond motifs is 1. The Kier molecular flexibility index (Phi) is 9.93. The van der Waals surface area contributed by atoms with E-state index in [0.717, 1.165) is 35.5 Å². The number of para-hydroxylation sites is 1. The van der Waals surface area contributed by atoms with Crippen LogP contribution >= 0.6 is 0 Å². The summed E-state index contributed by atoms with van der Waals surface area (Å²) in [6, 6.07) is 30.9. The van der Waals surface area contributed by atoms with Crippen molar-refractivity contribution in [3.8, 4) is 33.9 Å². The molecule has 0 saturated carbocycles. The van der Waals surface area contributed by atoms with Gasteiger partial charge in [0.2, 0.25) is 0 Å². The van der Waals surface area contributed by atoms with Gasteiger partial charge in [0.15, 0.2) is 6.61 Å². The van der Waals surface area contributed by atoms with Gasteiger partial charge in [-0.05, 0) is 37.1 Å². The highest BCUT2D eigenvalue weighted by atomic mass is 16.5. The molecule has 4 aromatic carbocycles. The van der Waals surface area contributed by atoms with Gasteiger partial charge in [-0.2, -0.15) is 0 Å². The summed E-state index contributed by atoms with van der Waals surface area (Å²) >= 11 is 0. The fourth-order valence-corrected chi connectivity index (χ4v) is 5.60. The highest BCUT2D eigenvalue weighted by molar-refractivity contribution is 6.05. The molecule has 5 aromatic rings. The topological polar surface area (TPSA) is 99.2 Å². The van der Waals surface area contributed by atoms with Crippen LogP contribution in [0.1, 0.15) is 24.2 Å². The zero-order valence-corrected chi connectivity index (χ0v) is 26.5. The standard InChI is InChI=1S/C38H37N3O6/c1-3-45-35-24-34(41-18-20-44-21-19-41)36(46-4-2)23-33(35)40-37(42)25-47-38(43)30-22-32(39-31-13-9-8-12-29(30)31)28-16-14-27(15-17-28)26-10-6-5-7-11-26/h5-17,22-24H,3-4,18-21,25H2,1-2H3,(H,40,42). The Morgan fingerprint density at radius 1 is 0.787 bits per heavy atom. The second kappa shape index (κ2) is 14.8. The first-order chi connectivity index (χ1) is 23.0. The average Bonchev–Trinajstić information content (AvgIpc) is 3.12. The van der Waals surface area contributed by atoms with Crippen LogP contribution in [0.3, 0.4) is 0 Å². The maximum atomic E-state index is 13.5. The van der Waals surface area contributed by atoms with Crippen molar-refractivity contribution >= 4 is 34.2 Å². The van der Waals surface area contributed by atoms with Crippen molar-refractivity contribution in [3.63, 3.8) is 0 Å². The van der Waals surface area contributed by atoms with Crippen LogP contribution in [-0.4, -0.2) is 63.0 Å². The van der Waals surface area contributed by atoms with Gasteiger partial charge in [-0.25, -0.2) is 9.78 Å². The third kappa shape index (κ3) is 7.37. The van der Waals surface area contributed by atoms with Crippen molar-refractivity contribution in [1.82, 2.24) is 4.98 Å². The van der Waals surface area contributed by atoms with Crippen molar-refractivity contribution in [1.29, 1.82) is 0 Å². The Balaban J connectivity index is 1.20. The summed E-state index contributed by atoms with van der Waals surface area (Å²) in [6.45, 7) is 6.83. The summed E-state index contributed by atoms with van der Waals surface area (Å²) in [5, 5.41) is 3.49. The van der Waals surface area contributed by atoms with Crippen molar-refractivity contribution in [3.05, 3.63) is 103 Å². The predicted octanol–water partition coefficient (Wildman–Crippen LogP) is 7.00. The number of anilines is 2. The molecule has 47 heavy (non-hydrogen) atoms. The molecule has 0 atom stereocenters. The fourth-order valence-electron chi connectivity index (χ4n) is 5.60. The summed E-state index contributed by atoms with van der Waals surface area (Å²) < 4.78 is 22.9. The van der Waals surface area contributed by atoms with E-state index in [-0.39, 0.29) is 0 Å². The van der Waals surface area contributed by atoms with Crippen LogP contribution in [0, 0.1) is 0 Å². The van der Waals surface area contributed by atoms with Crippen LogP contribution in [0.5, 0.6) is 11.5 Å². The van der Waals surface area contributed by atoms with Crippen LogP contribution in [0.4, 0.5) is 11.4 Å². The fraction of sp³-hybridized carbons (Fsp3) is 0.237. The lowest BCUT2D eigenvalue weighted by Crippen LogP contribution is -2.36. The van der Waals surface area contributed by atoms with E-state index in [2.05, 4.69) is 22.3 Å². The Morgan fingerprint density at radius 3 is 2.19 bits per heavy atom. The van der Waals surface area contributed by atoms with Crippen molar-refractivity contribution in [2.75, 3.05) is 56.3 Å². The lowest BCUT2D eigenvalue weighted by Gasteiger charge is -2.31. The number of aromatic nitrogens is 1. The van der Waals surface area contributed by atoms with E-state index in [1.165, 1.54) is 0 Å². The Bertz CT molecular complexity index is 1850. The minimum Gasteiger partial charge on any atom is -0.492 e. The molecule has 1 N–H and O–H groups in total. The van der Waals surface area contributed by atoms with E-state index in [1.54, 1.807) is 12.1 Å². The van der Waals surface area contributed by atoms with Crippen molar-refractivity contribution in [2.45, 2.75) is 13.8 Å². The third-order valence-electron chi connectivity index (χ3n) is 7.84. The molecule has 0 spiro atoms. The number of nitrogens with zero attached hydrogens (tertiary/aromatic N) is 2. The Hall–Kier alpha value is -5.41. The maximum absolute atomic E-state index is 13.5. The van der Waals surface area contributed by atoms with Crippen molar-refractivity contribution < 1.29 is 28.5 Å². The van der Waals surface area contributed by atoms with E-state index in [0.29, 0.717) is 65.8 Å². The second-order valence-corrected chi connectivity index (χ2v) is 10.9. The predicted molar refractivity (Wildman–Crippen MR) is 183 cm³/mol. The monoisotopic (exact) mass is 631 g/mol. The van der Waals surface area contributed by atoms with Gasteiger partial charge in [-0.15, -0.1) is 0 Å². The van der Waals surface area contributed by atoms with Gasteiger partial charge in [0.05, 0.1) is 54.6 Å². The first kappa shape index (κ1) is 31.6. The molecule has 0 radical (unpaired) electrons. The maximum Gasteiger partial charge on any atom is 0.339 e. The molecule has 9 nitrogen and oxygen atoms in total. The summed E-state index contributed by atoms with van der Waals surface area (Å²) in [5.74, 6) is -0.00234. The molecule has 6 rings (SSSR count). The van der Waals surface area contributed by atoms with Crippen LogP contribution in [0.25, 0.3) is 33.3 Å². The van der Waals surface area contributed by atoms with Crippen molar-refractivity contribution in [2.24, 2.45) is 0 Å². The number of morpholine rings is 1. The summed E-state index contributed by atoms with van der Waals surface area (Å²) in [4.78, 5) is 33.6. The number of hydrogen-bond acceptors (Lipinski definition) is 8. The lowest BCUT2D eigenvalue weighted by molar-refractivity contribution is -0.119. The van der Waals surface area contributed by atoms with Gasteiger partial charge in [0.25, 0.3) is 5.91 Å².